The molecule has 1 unspecified atom stereocenters. The maximum absolute atomic E-state index is 11.8. The topological polar surface area (TPSA) is 93.5 Å². The van der Waals surface area contributed by atoms with Crippen LogP contribution in [0.2, 0.25) is 0 Å². The number of carboxylic acids is 1. The fourth-order valence-electron chi connectivity index (χ4n) is 2.09. The number of nitrogens with one attached hydrogen (secondary N) is 1. The summed E-state index contributed by atoms with van der Waals surface area (Å²) >= 11 is 0. The smallest absolute Gasteiger partial charge is 0.408 e. The zero-order chi connectivity index (χ0) is 17.7. The van der Waals surface area contributed by atoms with Gasteiger partial charge in [0, 0.05) is 18.8 Å². The zero-order valence-electron chi connectivity index (χ0n) is 13.9. The summed E-state index contributed by atoms with van der Waals surface area (Å²) in [5.41, 5.74) is 0.975. The van der Waals surface area contributed by atoms with Crippen molar-refractivity contribution in [1.29, 1.82) is 0 Å². The van der Waals surface area contributed by atoms with Crippen LogP contribution in [0, 0.1) is 0 Å². The average molecular weight is 331 g/mol. The van der Waals surface area contributed by atoms with Gasteiger partial charge in [-0.1, -0.05) is 12.1 Å². The van der Waals surface area contributed by atoms with E-state index in [4.69, 9.17) is 4.74 Å². The van der Waals surface area contributed by atoms with E-state index in [9.17, 15) is 14.7 Å². The lowest BCUT2D eigenvalue weighted by molar-refractivity contribution is -0.139. The third-order valence-electron chi connectivity index (χ3n) is 3.13. The van der Waals surface area contributed by atoms with Crippen molar-refractivity contribution in [2.24, 2.45) is 0 Å². The Hall–Kier alpha value is -2.83. The minimum absolute atomic E-state index is 0.161. The second-order valence-electron chi connectivity index (χ2n) is 6.36. The van der Waals surface area contributed by atoms with E-state index in [0.29, 0.717) is 0 Å². The minimum atomic E-state index is -1.11. The lowest BCUT2D eigenvalue weighted by Crippen LogP contribution is -2.44. The number of nitrogens with zero attached hydrogens (tertiary/aromatic N) is 2. The molecule has 0 aliphatic carbocycles. The van der Waals surface area contributed by atoms with Crippen LogP contribution >= 0.6 is 0 Å². The zero-order valence-corrected chi connectivity index (χ0v) is 13.9. The summed E-state index contributed by atoms with van der Waals surface area (Å²) in [4.78, 5) is 23.1. The summed E-state index contributed by atoms with van der Waals surface area (Å²) in [6.45, 7) is 5.16. The molecular formula is C17H21N3O4. The standard InChI is InChI=1S/C17H21N3O4/c1-17(2,3)24-16(23)19-14(15(21)22)11-12-5-7-13(8-6-12)20-10-4-9-18-20/h4-10,14H,11H2,1-3H3,(H,19,23)(H,21,22). The van der Waals surface area contributed by atoms with Crippen LogP contribution in [-0.2, 0) is 16.0 Å². The highest BCUT2D eigenvalue weighted by Gasteiger charge is 2.24. The lowest BCUT2D eigenvalue weighted by atomic mass is 10.1. The summed E-state index contributed by atoms with van der Waals surface area (Å²) in [5.74, 6) is -1.11. The number of rotatable bonds is 5. The van der Waals surface area contributed by atoms with Gasteiger partial charge in [-0.05, 0) is 44.5 Å². The van der Waals surface area contributed by atoms with E-state index >= 15 is 0 Å². The van der Waals surface area contributed by atoms with Crippen molar-refractivity contribution in [3.8, 4) is 5.69 Å². The van der Waals surface area contributed by atoms with E-state index in [1.165, 1.54) is 0 Å². The summed E-state index contributed by atoms with van der Waals surface area (Å²) in [6, 6.07) is 8.06. The number of ether oxygens (including phenoxy) is 1. The van der Waals surface area contributed by atoms with Gasteiger partial charge in [-0.3, -0.25) is 0 Å². The molecule has 0 saturated heterocycles. The Kier molecular flexibility index (Phi) is 5.23. The molecule has 1 atom stereocenters. The van der Waals surface area contributed by atoms with Crippen LogP contribution in [0.3, 0.4) is 0 Å². The van der Waals surface area contributed by atoms with Crippen molar-refractivity contribution >= 4 is 12.1 Å². The molecule has 7 heteroatoms. The minimum Gasteiger partial charge on any atom is -0.480 e. The van der Waals surface area contributed by atoms with Crippen LogP contribution in [0.1, 0.15) is 26.3 Å². The second-order valence-corrected chi connectivity index (χ2v) is 6.36. The molecule has 2 aromatic rings. The Morgan fingerprint density at radius 3 is 2.46 bits per heavy atom. The molecule has 0 saturated carbocycles. The first-order valence-electron chi connectivity index (χ1n) is 7.56. The van der Waals surface area contributed by atoms with E-state index < -0.39 is 23.7 Å². The molecule has 0 spiro atoms. The van der Waals surface area contributed by atoms with E-state index in [0.717, 1.165) is 11.3 Å². The van der Waals surface area contributed by atoms with Gasteiger partial charge in [0.2, 0.25) is 0 Å². The van der Waals surface area contributed by atoms with Crippen molar-refractivity contribution in [2.75, 3.05) is 0 Å². The maximum Gasteiger partial charge on any atom is 0.408 e. The quantitative estimate of drug-likeness (QED) is 0.877. The highest BCUT2D eigenvalue weighted by atomic mass is 16.6. The lowest BCUT2D eigenvalue weighted by Gasteiger charge is -2.22. The first-order chi connectivity index (χ1) is 11.2. The first kappa shape index (κ1) is 17.5. The number of carboxylic acid groups (broad SMARTS) is 1. The van der Waals surface area contributed by atoms with Gasteiger partial charge in [0.1, 0.15) is 11.6 Å². The van der Waals surface area contributed by atoms with Gasteiger partial charge in [0.05, 0.1) is 5.69 Å². The molecule has 7 nitrogen and oxygen atoms in total. The molecule has 1 heterocycles. The Bertz CT molecular complexity index is 688. The average Bonchev–Trinajstić information content (AvgIpc) is 2.99. The molecule has 2 N–H and O–H groups in total. The van der Waals surface area contributed by atoms with Crippen LogP contribution < -0.4 is 5.32 Å². The molecule has 2 rings (SSSR count). The number of alkyl carbamates (subject to hydrolysis) is 1. The third kappa shape index (κ3) is 5.12. The highest BCUT2D eigenvalue weighted by molar-refractivity contribution is 5.80. The Labute approximate surface area is 140 Å². The van der Waals surface area contributed by atoms with Crippen molar-refractivity contribution in [1.82, 2.24) is 15.1 Å². The Morgan fingerprint density at radius 2 is 1.96 bits per heavy atom. The molecule has 24 heavy (non-hydrogen) atoms. The number of hydrogen-bond acceptors (Lipinski definition) is 4. The number of carbonyl (C=O) groups excluding carboxylic acids is 1. The van der Waals surface area contributed by atoms with Crippen LogP contribution in [0.15, 0.2) is 42.7 Å². The van der Waals surface area contributed by atoms with E-state index in [1.54, 1.807) is 31.6 Å². The molecule has 0 fully saturated rings. The highest BCUT2D eigenvalue weighted by Crippen LogP contribution is 2.12. The van der Waals surface area contributed by atoms with Gasteiger partial charge in [-0.2, -0.15) is 5.10 Å². The van der Waals surface area contributed by atoms with E-state index in [2.05, 4.69) is 10.4 Å². The molecule has 128 valence electrons. The van der Waals surface area contributed by atoms with Gasteiger partial charge in [0.15, 0.2) is 0 Å². The van der Waals surface area contributed by atoms with Gasteiger partial charge in [0.25, 0.3) is 0 Å². The predicted octanol–water partition coefficient (Wildman–Crippen LogP) is 2.39. The van der Waals surface area contributed by atoms with Gasteiger partial charge in [-0.25, -0.2) is 14.3 Å². The molecule has 0 radical (unpaired) electrons. The van der Waals surface area contributed by atoms with Gasteiger partial charge >= 0.3 is 12.1 Å². The van der Waals surface area contributed by atoms with Crippen molar-refractivity contribution in [3.63, 3.8) is 0 Å². The summed E-state index contributed by atoms with van der Waals surface area (Å²) in [6.07, 6.45) is 2.91. The number of aliphatic carboxylic acids is 1. The van der Waals surface area contributed by atoms with Crippen LogP contribution in [0.4, 0.5) is 4.79 Å². The van der Waals surface area contributed by atoms with Crippen molar-refractivity contribution in [2.45, 2.75) is 38.8 Å². The molecule has 0 aliphatic rings. The molecule has 0 aliphatic heterocycles. The van der Waals surface area contributed by atoms with E-state index in [-0.39, 0.29) is 6.42 Å². The van der Waals surface area contributed by atoms with Crippen molar-refractivity contribution in [3.05, 3.63) is 48.3 Å². The van der Waals surface area contributed by atoms with Crippen LogP contribution in [0.25, 0.3) is 5.69 Å². The predicted molar refractivity (Wildman–Crippen MR) is 88.1 cm³/mol. The number of aromatic nitrogens is 2. The molecular weight excluding hydrogens is 310 g/mol. The summed E-state index contributed by atoms with van der Waals surface area (Å²) < 4.78 is 6.80. The molecule has 1 amide bonds. The second kappa shape index (κ2) is 7.16. The van der Waals surface area contributed by atoms with Gasteiger partial charge in [-0.15, -0.1) is 0 Å². The molecule has 0 bridgehead atoms. The van der Waals surface area contributed by atoms with E-state index in [1.807, 2.05) is 36.5 Å². The largest absolute Gasteiger partial charge is 0.480 e. The first-order valence-corrected chi connectivity index (χ1v) is 7.56. The van der Waals surface area contributed by atoms with Crippen LogP contribution in [-0.4, -0.2) is 38.6 Å². The molecule has 1 aromatic carbocycles. The third-order valence-corrected chi connectivity index (χ3v) is 3.13. The normalized spacial score (nSPS) is 12.5. The fraction of sp³-hybridized carbons (Fsp3) is 0.353. The fourth-order valence-corrected chi connectivity index (χ4v) is 2.09. The number of hydrogen-bond donors (Lipinski definition) is 2. The summed E-state index contributed by atoms with van der Waals surface area (Å²) in [5, 5.41) is 15.8. The Balaban J connectivity index is 2.02. The summed E-state index contributed by atoms with van der Waals surface area (Å²) in [7, 11) is 0. The number of benzene rings is 1. The monoisotopic (exact) mass is 331 g/mol. The number of carbonyl (C=O) groups is 2. The van der Waals surface area contributed by atoms with Gasteiger partial charge < -0.3 is 15.2 Å². The maximum atomic E-state index is 11.8. The van der Waals surface area contributed by atoms with Crippen LogP contribution in [0.5, 0.6) is 0 Å². The van der Waals surface area contributed by atoms with Crippen molar-refractivity contribution < 1.29 is 19.4 Å². The molecule has 1 aromatic heterocycles. The number of amides is 1. The Morgan fingerprint density at radius 1 is 1.29 bits per heavy atom. The SMILES string of the molecule is CC(C)(C)OC(=O)NC(Cc1ccc(-n2cccn2)cc1)C(=O)O.